The molecule has 7 rings (SSSR count). The summed E-state index contributed by atoms with van der Waals surface area (Å²) in [5.41, 5.74) is 18.9. The van der Waals surface area contributed by atoms with Crippen molar-refractivity contribution in [2.75, 3.05) is 164 Å². The molecule has 144 heavy (non-hydrogen) atoms. The maximum atomic E-state index is 15.0. The minimum Gasteiger partial charge on any atom is -0.508 e. The Balaban J connectivity index is 0.957. The minimum absolute atomic E-state index is 0.000247. The highest BCUT2D eigenvalue weighted by atomic mass is 16.6. The van der Waals surface area contributed by atoms with Crippen LogP contribution in [-0.4, -0.2) is 360 Å². The number of primary amides is 1. The Kier molecular flexibility index (Phi) is 54.5. The number of nitrogens with one attached hydrogen (secondary N) is 11. The monoisotopic (exact) mass is 2030 g/mol. The number of ketones is 2. The Labute approximate surface area is 830 Å². The number of aromatic amines is 1. The molecule has 0 aliphatic carbocycles. The predicted octanol–water partition coefficient (Wildman–Crippen LogP) is -3.37. The van der Waals surface area contributed by atoms with Crippen molar-refractivity contribution < 1.29 is 135 Å². The van der Waals surface area contributed by atoms with Crippen molar-refractivity contribution in [2.45, 2.75) is 191 Å². The lowest BCUT2D eigenvalue weighted by molar-refractivity contribution is -0.142. The molecule has 6 aromatic rings. The number of carboxylic acid groups (broad SMARTS) is 2. The van der Waals surface area contributed by atoms with Crippen LogP contribution in [0.2, 0.25) is 0 Å². The second-order valence-electron chi connectivity index (χ2n) is 33.5. The number of aryl methyl sites for hydroxylation is 3. The van der Waals surface area contributed by atoms with Gasteiger partial charge in [0, 0.05) is 101 Å². The van der Waals surface area contributed by atoms with Crippen LogP contribution in [0.3, 0.4) is 0 Å². The molecule has 0 fully saturated rings. The van der Waals surface area contributed by atoms with Crippen molar-refractivity contribution in [3.05, 3.63) is 111 Å². The number of carbonyl (C=O) groups excluding carboxylic acids is 11. The maximum absolute atomic E-state index is 15.0. The van der Waals surface area contributed by atoms with Crippen LogP contribution in [-0.2, 0) is 155 Å². The largest absolute Gasteiger partial charge is 0.508 e. The first-order valence-electron chi connectivity index (χ1n) is 47.8. The number of phenols is 1. The van der Waals surface area contributed by atoms with Gasteiger partial charge in [-0.3, -0.25) is 82.2 Å². The molecule has 0 saturated heterocycles. The van der Waals surface area contributed by atoms with Crippen molar-refractivity contribution in [2.24, 2.45) is 23.3 Å². The molecule has 0 radical (unpaired) electrons. The fraction of sp³-hybridized carbons (Fsp3) is 0.609. The van der Waals surface area contributed by atoms with E-state index in [-0.39, 0.29) is 204 Å². The number of nitrogen functional groups attached to an aromatic ring is 1. The van der Waals surface area contributed by atoms with E-state index < -0.39 is 174 Å². The lowest BCUT2D eigenvalue weighted by atomic mass is 9.91. The van der Waals surface area contributed by atoms with E-state index in [1.165, 1.54) is 66.1 Å². The van der Waals surface area contributed by atoms with Crippen LogP contribution in [0.5, 0.6) is 5.75 Å². The number of H-pyrrole nitrogens is 1. The summed E-state index contributed by atoms with van der Waals surface area (Å²) in [7, 11) is 0. The van der Waals surface area contributed by atoms with E-state index in [0.717, 1.165) is 5.56 Å². The molecule has 0 unspecified atom stereocenters. The first kappa shape index (κ1) is 118. The number of hydrogen-bond donors (Lipinski definition) is 18. The summed E-state index contributed by atoms with van der Waals surface area (Å²) in [5, 5.41) is 88.8. The van der Waals surface area contributed by atoms with Crippen LogP contribution >= 0.6 is 0 Å². The molecule has 52 heteroatoms. The molecule has 5 heterocycles. The van der Waals surface area contributed by atoms with Crippen LogP contribution in [0, 0.1) is 17.2 Å². The SMILES string of the molecule is CCOCCOCCOCCOCCOCCOCCOCCOCCC(=O)N[C@@H](Cc1cn(CCOCCOCCOCCNC(=O)CC[C@H](CC(=O)c2ccc(CCc3cnc4nc(N)[nH]c(=O)c4n3)cc2)C(=O)O)nn1)C(=O)N[C@H]1Cc2cn(nn2)CCCC[C@@H](C(N)=O)NC(=O)[C@@H]([C@H](C)O)NC(=O)[C@@H](Cc2ccc(O)cc2)NC(=O)[C@@H](CCCNC(=N)N)CC(=O)[C@@H](CCC(=O)O)NC(=O)[C@@H](C)NC1=O. The highest BCUT2D eigenvalue weighted by Gasteiger charge is 2.37. The van der Waals surface area contributed by atoms with Gasteiger partial charge in [0.25, 0.3) is 5.56 Å². The number of aromatic hydroxyl groups is 1. The molecule has 10 atom stereocenters. The number of benzene rings is 2. The average molecular weight is 2030 g/mol. The number of phenolic OH excluding ortho intramolecular Hbond substituents is 1. The van der Waals surface area contributed by atoms with Gasteiger partial charge >= 0.3 is 11.9 Å². The van der Waals surface area contributed by atoms with Gasteiger partial charge in [-0.05, 0) is 102 Å². The van der Waals surface area contributed by atoms with Crippen LogP contribution < -0.4 is 70.6 Å². The lowest BCUT2D eigenvalue weighted by Crippen LogP contribution is -2.60. The molecule has 9 amide bonds. The number of aliphatic carboxylic acids is 2. The van der Waals surface area contributed by atoms with Crippen molar-refractivity contribution >= 4 is 99.7 Å². The zero-order valence-corrected chi connectivity index (χ0v) is 81.3. The molecule has 21 N–H and O–H groups in total. The van der Waals surface area contributed by atoms with E-state index in [1.807, 2.05) is 6.92 Å². The number of guanidine groups is 1. The highest BCUT2D eigenvalue weighted by Crippen LogP contribution is 2.22. The number of hydrogen-bond acceptors (Lipinski definition) is 36. The molecule has 2 aromatic carbocycles. The number of aliphatic hydroxyl groups excluding tert-OH is 1. The third-order valence-electron chi connectivity index (χ3n) is 22.1. The number of anilines is 1. The highest BCUT2D eigenvalue weighted by molar-refractivity contribution is 6.00. The van der Waals surface area contributed by atoms with E-state index in [4.69, 9.17) is 74.7 Å². The third-order valence-corrected chi connectivity index (χ3v) is 22.1. The normalized spacial score (nSPS) is 17.7. The lowest BCUT2D eigenvalue weighted by Gasteiger charge is -2.28. The molecular formula is C92H137N23O29. The summed E-state index contributed by atoms with van der Waals surface area (Å²) in [6.45, 7) is 10.8. The smallest absolute Gasteiger partial charge is 0.306 e. The van der Waals surface area contributed by atoms with Crippen LogP contribution in [0.4, 0.5) is 5.95 Å². The van der Waals surface area contributed by atoms with Crippen LogP contribution in [0.15, 0.2) is 71.9 Å². The minimum atomic E-state index is -1.77. The standard InChI is InChI=1S/C92H137N23O29/c1-4-134-32-33-138-40-41-141-44-45-143-48-49-144-47-46-142-43-42-139-37-34-135-29-24-77(121)102-72(53-66-57-115(113-111-66)28-31-137-36-39-140-38-35-136-30-26-97-76(120)22-17-64(90(132)133)52-74(118)62-15-10-60(11-16-62)12-18-65-55-99-82-80(101-65)89(131)109-92(96)108-82)86(128)106-73-54-67-56-114(112-110-67)27-6-5-9-70(81(93)124)104-88(130)79(59(3)116)107-87(129)71(50-61-13-19-68(117)20-14-61)105-84(126)63(8-7-25-98-91(94)95)51-75(119)69(21-23-78(122)123)103-83(125)58(2)100-85(73)127/h10-11,13-16,19-20,55-59,63-64,69-73,79,116-117H,4-9,12,17-18,21-54H2,1-3H3,(H2,93,124)(H,97,120)(H,100,127)(H,102,121)(H,103,125)(H,104,130)(H,105,126)(H,106,128)(H,107,129)(H,122,123)(H,132,133)(H4,94,95,98)(H3,96,99,108,109,131)/t58-,59+,63+,64-,69-,70+,71-,72+,73+,79-/m1/s1. The first-order valence-corrected chi connectivity index (χ1v) is 47.8. The maximum Gasteiger partial charge on any atom is 0.306 e. The molecular weight excluding hydrogens is 1890 g/mol. The number of rotatable bonds is 63. The Morgan fingerprint density at radius 3 is 1.81 bits per heavy atom. The van der Waals surface area contributed by atoms with Crippen LogP contribution in [0.25, 0.3) is 11.2 Å². The Morgan fingerprint density at radius 1 is 0.597 bits per heavy atom. The van der Waals surface area contributed by atoms with Gasteiger partial charge in [-0.2, -0.15) is 4.98 Å². The van der Waals surface area contributed by atoms with Gasteiger partial charge in [-0.1, -0.05) is 46.8 Å². The van der Waals surface area contributed by atoms with Gasteiger partial charge in [0.15, 0.2) is 28.7 Å². The molecule has 52 nitrogen and oxygen atoms in total. The summed E-state index contributed by atoms with van der Waals surface area (Å²) in [5.74, 6) is -15.2. The molecule has 0 saturated carbocycles. The Hall–Kier alpha value is -13.2. The Bertz CT molecular complexity index is 5070. The van der Waals surface area contributed by atoms with Gasteiger partial charge in [-0.25, -0.2) is 14.6 Å². The van der Waals surface area contributed by atoms with Crippen LogP contribution in [0.1, 0.15) is 136 Å². The molecule has 1 aliphatic rings. The van der Waals surface area contributed by atoms with Gasteiger partial charge in [0.05, 0.1) is 187 Å². The van der Waals surface area contributed by atoms with Gasteiger partial charge < -0.3 is 138 Å². The number of nitrogens with two attached hydrogens (primary N) is 3. The Morgan fingerprint density at radius 2 is 1.20 bits per heavy atom. The van der Waals surface area contributed by atoms with Gasteiger partial charge in [-0.15, -0.1) is 10.2 Å². The summed E-state index contributed by atoms with van der Waals surface area (Å²) < 4.78 is 63.9. The number of Topliss-reactive ketones (excluding diaryl/α,β-unsaturated/α-hetero) is 2. The molecule has 0 spiro atoms. The van der Waals surface area contributed by atoms with Crippen molar-refractivity contribution in [3.63, 3.8) is 0 Å². The zero-order chi connectivity index (χ0) is 104. The van der Waals surface area contributed by atoms with Crippen molar-refractivity contribution in [3.8, 4) is 5.75 Å². The number of ether oxygens (including phenoxy) is 11. The van der Waals surface area contributed by atoms with Crippen molar-refractivity contribution in [1.82, 2.24) is 97.8 Å². The molecule has 794 valence electrons. The first-order chi connectivity index (χ1) is 69.3. The number of amides is 9. The number of aromatic nitrogens is 10. The van der Waals surface area contributed by atoms with E-state index in [9.17, 15) is 87.5 Å². The number of carboxylic acids is 2. The fourth-order valence-electron chi connectivity index (χ4n) is 14.3. The third kappa shape index (κ3) is 46.9. The second kappa shape index (κ2) is 66.6. The van der Waals surface area contributed by atoms with E-state index >= 15 is 0 Å². The zero-order valence-electron chi connectivity index (χ0n) is 81.3. The quantitative estimate of drug-likeness (QED) is 0.00767. The average Bonchev–Trinajstić information content (AvgIpc) is 0.994. The summed E-state index contributed by atoms with van der Waals surface area (Å²) in [6.07, 6.45) is 0.0991. The van der Waals surface area contributed by atoms with Gasteiger partial charge in [0.2, 0.25) is 59.1 Å². The summed E-state index contributed by atoms with van der Waals surface area (Å²) in [4.78, 5) is 207. The van der Waals surface area contributed by atoms with Gasteiger partial charge in [0.1, 0.15) is 42.0 Å². The van der Waals surface area contributed by atoms with Crippen molar-refractivity contribution in [1.29, 1.82) is 5.41 Å². The fourth-order valence-corrected chi connectivity index (χ4v) is 14.3. The number of fused-ring (bicyclic) bond motifs is 3. The summed E-state index contributed by atoms with van der Waals surface area (Å²) in [6, 6.07) is 1.04. The molecule has 1 aliphatic heterocycles. The predicted molar refractivity (Wildman–Crippen MR) is 510 cm³/mol. The topological polar surface area (TPSA) is 747 Å². The number of carbonyl (C=O) groups is 13. The van der Waals surface area contributed by atoms with E-state index in [1.54, 1.807) is 24.3 Å². The number of nitrogens with zero attached hydrogens (tertiary/aromatic N) is 9. The molecule has 4 aromatic heterocycles. The second-order valence-corrected chi connectivity index (χ2v) is 33.5. The summed E-state index contributed by atoms with van der Waals surface area (Å²) >= 11 is 0. The number of aliphatic hydroxyl groups is 1. The van der Waals surface area contributed by atoms with E-state index in [2.05, 4.69) is 88.4 Å². The van der Waals surface area contributed by atoms with E-state index in [0.29, 0.717) is 102 Å². The molecule has 2 bridgehead atoms.